The van der Waals surface area contributed by atoms with E-state index in [0.717, 1.165) is 35.8 Å². The highest BCUT2D eigenvalue weighted by Gasteiger charge is 2.27. The first-order valence-corrected chi connectivity index (χ1v) is 7.10. The van der Waals surface area contributed by atoms with Gasteiger partial charge in [-0.1, -0.05) is 38.8 Å². The van der Waals surface area contributed by atoms with Gasteiger partial charge in [0.2, 0.25) is 0 Å². The Morgan fingerprint density at radius 2 is 1.76 bits per heavy atom. The molecule has 1 aromatic carbocycles. The molecule has 17 heavy (non-hydrogen) atoms. The molecule has 0 aromatic heterocycles. The lowest BCUT2D eigenvalue weighted by atomic mass is 9.89. The molecule has 1 rings (SSSR count). The van der Waals surface area contributed by atoms with Crippen LogP contribution in [0.15, 0.2) is 28.7 Å². The van der Waals surface area contributed by atoms with Gasteiger partial charge >= 0.3 is 0 Å². The van der Waals surface area contributed by atoms with E-state index in [1.54, 1.807) is 0 Å². The summed E-state index contributed by atoms with van der Waals surface area (Å²) in [4.78, 5) is 0. The standard InChI is InChI=1S/C14H22BrNO/c1-3-9-14(11-17,10-4-2)16-13-8-6-5-7-12(13)15/h5-8,16-17H,3-4,9-11H2,1-2H3. The topological polar surface area (TPSA) is 32.3 Å². The lowest BCUT2D eigenvalue weighted by Gasteiger charge is -2.34. The molecular formula is C14H22BrNO. The summed E-state index contributed by atoms with van der Waals surface area (Å²) in [5, 5.41) is 13.2. The number of hydrogen-bond donors (Lipinski definition) is 2. The van der Waals surface area contributed by atoms with Crippen molar-refractivity contribution in [2.45, 2.75) is 45.1 Å². The molecule has 0 amide bonds. The van der Waals surface area contributed by atoms with Crippen LogP contribution in [-0.4, -0.2) is 17.3 Å². The van der Waals surface area contributed by atoms with Crippen molar-refractivity contribution in [3.05, 3.63) is 28.7 Å². The van der Waals surface area contributed by atoms with Gasteiger partial charge in [0.05, 0.1) is 12.1 Å². The van der Waals surface area contributed by atoms with E-state index in [9.17, 15) is 5.11 Å². The van der Waals surface area contributed by atoms with Crippen molar-refractivity contribution in [1.29, 1.82) is 0 Å². The molecule has 0 radical (unpaired) electrons. The third-order valence-electron chi connectivity index (χ3n) is 3.03. The summed E-state index contributed by atoms with van der Waals surface area (Å²) in [7, 11) is 0. The number of benzene rings is 1. The van der Waals surface area contributed by atoms with E-state index in [-0.39, 0.29) is 12.1 Å². The summed E-state index contributed by atoms with van der Waals surface area (Å²) in [5.41, 5.74) is 0.872. The number of aliphatic hydroxyl groups excluding tert-OH is 1. The average molecular weight is 300 g/mol. The van der Waals surface area contributed by atoms with Crippen LogP contribution in [0.25, 0.3) is 0 Å². The van der Waals surface area contributed by atoms with E-state index < -0.39 is 0 Å². The van der Waals surface area contributed by atoms with Gasteiger partial charge in [-0.3, -0.25) is 0 Å². The summed E-state index contributed by atoms with van der Waals surface area (Å²) in [6.07, 6.45) is 4.10. The third-order valence-corrected chi connectivity index (χ3v) is 3.72. The van der Waals surface area contributed by atoms with Crippen LogP contribution in [0.2, 0.25) is 0 Å². The molecule has 0 saturated heterocycles. The van der Waals surface area contributed by atoms with Crippen molar-refractivity contribution in [2.24, 2.45) is 0 Å². The molecule has 0 aliphatic carbocycles. The smallest absolute Gasteiger partial charge is 0.0661 e. The van der Waals surface area contributed by atoms with Crippen LogP contribution in [0, 0.1) is 0 Å². The molecule has 0 saturated carbocycles. The molecule has 0 aliphatic heterocycles. The lowest BCUT2D eigenvalue weighted by molar-refractivity contribution is 0.192. The maximum atomic E-state index is 9.71. The predicted molar refractivity (Wildman–Crippen MR) is 77.4 cm³/mol. The van der Waals surface area contributed by atoms with Gasteiger partial charge in [0.25, 0.3) is 0 Å². The van der Waals surface area contributed by atoms with E-state index in [0.29, 0.717) is 0 Å². The van der Waals surface area contributed by atoms with Crippen molar-refractivity contribution in [3.63, 3.8) is 0 Å². The highest BCUT2D eigenvalue weighted by Crippen LogP contribution is 2.29. The Morgan fingerprint density at radius 3 is 2.24 bits per heavy atom. The second-order valence-electron chi connectivity index (χ2n) is 4.54. The molecule has 0 aliphatic rings. The largest absolute Gasteiger partial charge is 0.394 e. The second kappa shape index (κ2) is 7.02. The van der Waals surface area contributed by atoms with Gasteiger partial charge in [-0.05, 0) is 40.9 Å². The van der Waals surface area contributed by atoms with Crippen LogP contribution in [0.1, 0.15) is 39.5 Å². The van der Waals surface area contributed by atoms with Crippen LogP contribution < -0.4 is 5.32 Å². The zero-order valence-corrected chi connectivity index (χ0v) is 12.3. The molecule has 0 unspecified atom stereocenters. The zero-order chi connectivity index (χ0) is 12.7. The van der Waals surface area contributed by atoms with Crippen molar-refractivity contribution >= 4 is 21.6 Å². The van der Waals surface area contributed by atoms with Crippen LogP contribution in [0.4, 0.5) is 5.69 Å². The number of para-hydroxylation sites is 1. The summed E-state index contributed by atoms with van der Waals surface area (Å²) in [5.74, 6) is 0. The monoisotopic (exact) mass is 299 g/mol. The molecule has 0 atom stereocenters. The van der Waals surface area contributed by atoms with Crippen LogP contribution in [-0.2, 0) is 0 Å². The van der Waals surface area contributed by atoms with E-state index >= 15 is 0 Å². The molecule has 0 spiro atoms. The van der Waals surface area contributed by atoms with Crippen molar-refractivity contribution in [3.8, 4) is 0 Å². The van der Waals surface area contributed by atoms with E-state index in [2.05, 4.69) is 35.1 Å². The Kier molecular flexibility index (Phi) is 6.00. The normalized spacial score (nSPS) is 11.5. The number of nitrogens with one attached hydrogen (secondary N) is 1. The SMILES string of the molecule is CCCC(CO)(CCC)Nc1ccccc1Br. The van der Waals surface area contributed by atoms with E-state index in [4.69, 9.17) is 0 Å². The molecule has 0 bridgehead atoms. The lowest BCUT2D eigenvalue weighted by Crippen LogP contribution is -2.42. The van der Waals surface area contributed by atoms with Gasteiger partial charge in [0.15, 0.2) is 0 Å². The Balaban J connectivity index is 2.88. The van der Waals surface area contributed by atoms with Crippen LogP contribution in [0.3, 0.4) is 0 Å². The first-order chi connectivity index (χ1) is 8.17. The summed E-state index contributed by atoms with van der Waals surface area (Å²) in [6, 6.07) is 8.06. The second-order valence-corrected chi connectivity index (χ2v) is 5.40. The number of halogens is 1. The fourth-order valence-corrected chi connectivity index (χ4v) is 2.64. The highest BCUT2D eigenvalue weighted by atomic mass is 79.9. The fraction of sp³-hybridized carbons (Fsp3) is 0.571. The first kappa shape index (κ1) is 14.5. The molecule has 96 valence electrons. The van der Waals surface area contributed by atoms with Gasteiger partial charge in [0, 0.05) is 10.2 Å². The molecule has 2 N–H and O–H groups in total. The molecule has 3 heteroatoms. The Labute approximate surface area is 113 Å². The van der Waals surface area contributed by atoms with Crippen molar-refractivity contribution in [1.82, 2.24) is 0 Å². The number of aliphatic hydroxyl groups is 1. The Hall–Kier alpha value is -0.540. The summed E-state index contributed by atoms with van der Waals surface area (Å²) < 4.78 is 1.05. The maximum absolute atomic E-state index is 9.71. The van der Waals surface area contributed by atoms with Crippen molar-refractivity contribution < 1.29 is 5.11 Å². The average Bonchev–Trinajstić information content (AvgIpc) is 2.33. The highest BCUT2D eigenvalue weighted by molar-refractivity contribution is 9.10. The number of hydrogen-bond acceptors (Lipinski definition) is 2. The minimum Gasteiger partial charge on any atom is -0.394 e. The molecule has 0 heterocycles. The van der Waals surface area contributed by atoms with Gasteiger partial charge in [0.1, 0.15) is 0 Å². The zero-order valence-electron chi connectivity index (χ0n) is 10.7. The van der Waals surface area contributed by atoms with E-state index in [1.807, 2.05) is 24.3 Å². The van der Waals surface area contributed by atoms with Crippen LogP contribution >= 0.6 is 15.9 Å². The quantitative estimate of drug-likeness (QED) is 0.791. The molecule has 0 fully saturated rings. The third kappa shape index (κ3) is 4.00. The first-order valence-electron chi connectivity index (χ1n) is 6.31. The number of anilines is 1. The van der Waals surface area contributed by atoms with Gasteiger partial charge < -0.3 is 10.4 Å². The molecular weight excluding hydrogens is 278 g/mol. The summed E-state index contributed by atoms with van der Waals surface area (Å²) >= 11 is 3.54. The van der Waals surface area contributed by atoms with Gasteiger partial charge in [-0.2, -0.15) is 0 Å². The van der Waals surface area contributed by atoms with Gasteiger partial charge in [-0.25, -0.2) is 0 Å². The minimum atomic E-state index is -0.187. The Bertz CT molecular complexity index is 335. The molecule has 2 nitrogen and oxygen atoms in total. The predicted octanol–water partition coefficient (Wildman–Crippen LogP) is 4.19. The number of rotatable bonds is 7. The van der Waals surface area contributed by atoms with Crippen LogP contribution in [0.5, 0.6) is 0 Å². The molecule has 1 aromatic rings. The van der Waals surface area contributed by atoms with E-state index in [1.165, 1.54) is 0 Å². The van der Waals surface area contributed by atoms with Crippen molar-refractivity contribution in [2.75, 3.05) is 11.9 Å². The van der Waals surface area contributed by atoms with Gasteiger partial charge in [-0.15, -0.1) is 0 Å². The summed E-state index contributed by atoms with van der Waals surface area (Å²) in [6.45, 7) is 4.49. The maximum Gasteiger partial charge on any atom is 0.0661 e. The fourth-order valence-electron chi connectivity index (χ4n) is 2.25. The minimum absolute atomic E-state index is 0.177. The Morgan fingerprint density at radius 1 is 1.18 bits per heavy atom.